The van der Waals surface area contributed by atoms with Crippen LogP contribution in [0.5, 0.6) is 0 Å². The summed E-state index contributed by atoms with van der Waals surface area (Å²) in [4.78, 5) is 2.65. The van der Waals surface area contributed by atoms with Crippen LogP contribution < -0.4 is 0 Å². The van der Waals surface area contributed by atoms with Crippen molar-refractivity contribution < 1.29 is 0 Å². The molecule has 0 heterocycles. The molecule has 96 valence electrons. The maximum Gasteiger partial charge on any atom is 0.00485 e. The minimum Gasteiger partial charge on any atom is -0.300 e. The Balaban J connectivity index is 2.57. The van der Waals surface area contributed by atoms with E-state index >= 15 is 0 Å². The van der Waals surface area contributed by atoms with Gasteiger partial charge in [-0.05, 0) is 50.8 Å². The van der Waals surface area contributed by atoms with Crippen molar-refractivity contribution in [3.8, 4) is 0 Å². The molecule has 1 aliphatic carbocycles. The molecule has 0 aromatic heterocycles. The molecule has 0 radical (unpaired) electrons. The van der Waals surface area contributed by atoms with Gasteiger partial charge in [-0.2, -0.15) is 12.6 Å². The first-order chi connectivity index (χ1) is 7.63. The normalized spacial score (nSPS) is 20.6. The van der Waals surface area contributed by atoms with Crippen LogP contribution in [0, 0.1) is 5.41 Å². The second-order valence-electron chi connectivity index (χ2n) is 5.78. The lowest BCUT2D eigenvalue weighted by Gasteiger charge is -2.41. The zero-order valence-corrected chi connectivity index (χ0v) is 12.2. The summed E-state index contributed by atoms with van der Waals surface area (Å²) in [6.45, 7) is 9.44. The van der Waals surface area contributed by atoms with Gasteiger partial charge in [-0.15, -0.1) is 0 Å². The van der Waals surface area contributed by atoms with Gasteiger partial charge in [0.2, 0.25) is 0 Å². The molecule has 0 spiro atoms. The maximum absolute atomic E-state index is 4.63. The predicted molar refractivity (Wildman–Crippen MR) is 76.4 cm³/mol. The third-order valence-electron chi connectivity index (χ3n) is 4.03. The van der Waals surface area contributed by atoms with Crippen LogP contribution in [0.4, 0.5) is 0 Å². The van der Waals surface area contributed by atoms with E-state index in [0.29, 0.717) is 11.5 Å². The third kappa shape index (κ3) is 3.96. The van der Waals surface area contributed by atoms with Gasteiger partial charge in [-0.25, -0.2) is 0 Å². The molecule has 0 atom stereocenters. The summed E-state index contributed by atoms with van der Waals surface area (Å²) in [5, 5.41) is 0. The van der Waals surface area contributed by atoms with E-state index in [9.17, 15) is 0 Å². The van der Waals surface area contributed by atoms with Crippen molar-refractivity contribution in [2.24, 2.45) is 5.41 Å². The summed E-state index contributed by atoms with van der Waals surface area (Å²) >= 11 is 4.63. The molecule has 0 bridgehead atoms. The van der Waals surface area contributed by atoms with E-state index < -0.39 is 0 Å². The van der Waals surface area contributed by atoms with Crippen LogP contribution in [0.1, 0.15) is 59.3 Å². The van der Waals surface area contributed by atoms with Crippen LogP contribution in [0.2, 0.25) is 0 Å². The van der Waals surface area contributed by atoms with Crippen LogP contribution in [-0.4, -0.2) is 29.8 Å². The summed E-state index contributed by atoms with van der Waals surface area (Å²) in [6.07, 6.45) is 8.32. The molecule has 16 heavy (non-hydrogen) atoms. The summed E-state index contributed by atoms with van der Waals surface area (Å²) < 4.78 is 0. The zero-order valence-electron chi connectivity index (χ0n) is 11.3. The molecular formula is C14H29NS. The Kier molecular flexibility index (Phi) is 6.20. The second-order valence-corrected chi connectivity index (χ2v) is 6.10. The van der Waals surface area contributed by atoms with Gasteiger partial charge in [-0.1, -0.05) is 26.2 Å². The number of hydrogen-bond acceptors (Lipinski definition) is 2. The minimum absolute atomic E-state index is 0.515. The number of rotatable bonds is 6. The van der Waals surface area contributed by atoms with E-state index in [2.05, 4.69) is 38.3 Å². The first-order valence-corrected chi connectivity index (χ1v) is 7.62. The molecule has 0 aromatic carbocycles. The summed E-state index contributed by atoms with van der Waals surface area (Å²) in [5.41, 5.74) is 0.515. The van der Waals surface area contributed by atoms with Crippen molar-refractivity contribution in [2.75, 3.05) is 18.8 Å². The number of thiol groups is 1. The first-order valence-electron chi connectivity index (χ1n) is 6.98. The highest BCUT2D eigenvalue weighted by molar-refractivity contribution is 7.80. The molecule has 1 saturated carbocycles. The van der Waals surface area contributed by atoms with Gasteiger partial charge in [0.1, 0.15) is 0 Å². The van der Waals surface area contributed by atoms with Crippen LogP contribution >= 0.6 is 12.6 Å². The van der Waals surface area contributed by atoms with E-state index in [4.69, 9.17) is 0 Å². The minimum atomic E-state index is 0.515. The average molecular weight is 243 g/mol. The van der Waals surface area contributed by atoms with Crippen LogP contribution in [-0.2, 0) is 0 Å². The summed E-state index contributed by atoms with van der Waals surface area (Å²) in [6, 6.07) is 0.679. The van der Waals surface area contributed by atoms with Gasteiger partial charge >= 0.3 is 0 Å². The average Bonchev–Trinajstić information content (AvgIpc) is 2.29. The van der Waals surface area contributed by atoms with Gasteiger partial charge < -0.3 is 4.90 Å². The monoisotopic (exact) mass is 243 g/mol. The largest absolute Gasteiger partial charge is 0.300 e. The molecule has 0 unspecified atom stereocenters. The standard InChI is InChI=1S/C14H29NS/c1-4-10-15(13(2)3)11-14(12-16)8-6-5-7-9-14/h13,16H,4-12H2,1-3H3. The zero-order chi connectivity index (χ0) is 12.0. The van der Waals surface area contributed by atoms with Crippen molar-refractivity contribution in [1.29, 1.82) is 0 Å². The molecule has 0 saturated heterocycles. The summed E-state index contributed by atoms with van der Waals surface area (Å²) in [5.74, 6) is 1.07. The predicted octanol–water partition coefficient (Wildman–Crippen LogP) is 3.99. The van der Waals surface area contributed by atoms with Gasteiger partial charge in [0, 0.05) is 12.6 Å². The highest BCUT2D eigenvalue weighted by Crippen LogP contribution is 2.38. The topological polar surface area (TPSA) is 3.24 Å². The molecule has 1 fully saturated rings. The van der Waals surface area contributed by atoms with Crippen molar-refractivity contribution in [1.82, 2.24) is 4.90 Å². The van der Waals surface area contributed by atoms with Crippen molar-refractivity contribution in [3.63, 3.8) is 0 Å². The lowest BCUT2D eigenvalue weighted by molar-refractivity contribution is 0.103. The fourth-order valence-corrected chi connectivity index (χ4v) is 3.32. The molecule has 1 nitrogen and oxygen atoms in total. The molecule has 0 aromatic rings. The fraction of sp³-hybridized carbons (Fsp3) is 1.00. The smallest absolute Gasteiger partial charge is 0.00485 e. The number of nitrogens with zero attached hydrogens (tertiary/aromatic N) is 1. The molecular weight excluding hydrogens is 214 g/mol. The van der Waals surface area contributed by atoms with E-state index in [-0.39, 0.29) is 0 Å². The number of hydrogen-bond donors (Lipinski definition) is 1. The maximum atomic E-state index is 4.63. The van der Waals surface area contributed by atoms with Gasteiger partial charge in [0.25, 0.3) is 0 Å². The highest BCUT2D eigenvalue weighted by atomic mass is 32.1. The van der Waals surface area contributed by atoms with E-state index in [1.54, 1.807) is 0 Å². The molecule has 2 heteroatoms. The highest BCUT2D eigenvalue weighted by Gasteiger charge is 2.32. The Labute approximate surface area is 107 Å². The van der Waals surface area contributed by atoms with E-state index in [0.717, 1.165) is 5.75 Å². The van der Waals surface area contributed by atoms with Crippen LogP contribution in [0.15, 0.2) is 0 Å². The van der Waals surface area contributed by atoms with Gasteiger partial charge in [-0.3, -0.25) is 0 Å². The molecule has 0 aliphatic heterocycles. The third-order valence-corrected chi connectivity index (χ3v) is 4.70. The lowest BCUT2D eigenvalue weighted by atomic mass is 9.75. The van der Waals surface area contributed by atoms with E-state index in [1.165, 1.54) is 51.6 Å². The van der Waals surface area contributed by atoms with Gasteiger partial charge in [0.15, 0.2) is 0 Å². The Hall–Kier alpha value is 0.310. The Bertz CT molecular complexity index is 185. The lowest BCUT2D eigenvalue weighted by Crippen LogP contribution is -2.43. The Morgan fingerprint density at radius 1 is 1.19 bits per heavy atom. The van der Waals surface area contributed by atoms with Crippen LogP contribution in [0.3, 0.4) is 0 Å². The SMILES string of the molecule is CCCN(CC1(CS)CCCCC1)C(C)C. The second kappa shape index (κ2) is 6.90. The van der Waals surface area contributed by atoms with Crippen molar-refractivity contribution in [3.05, 3.63) is 0 Å². The van der Waals surface area contributed by atoms with Crippen molar-refractivity contribution in [2.45, 2.75) is 65.3 Å². The van der Waals surface area contributed by atoms with E-state index in [1.807, 2.05) is 0 Å². The molecule has 1 aliphatic rings. The molecule has 0 amide bonds. The summed E-state index contributed by atoms with van der Waals surface area (Å²) in [7, 11) is 0. The quantitative estimate of drug-likeness (QED) is 0.690. The Morgan fingerprint density at radius 3 is 2.25 bits per heavy atom. The Morgan fingerprint density at radius 2 is 1.81 bits per heavy atom. The van der Waals surface area contributed by atoms with Crippen molar-refractivity contribution >= 4 is 12.6 Å². The first kappa shape index (κ1) is 14.4. The van der Waals surface area contributed by atoms with Crippen LogP contribution in [0.25, 0.3) is 0 Å². The molecule has 1 rings (SSSR count). The molecule has 0 N–H and O–H groups in total. The van der Waals surface area contributed by atoms with Gasteiger partial charge in [0.05, 0.1) is 0 Å². The fourth-order valence-electron chi connectivity index (χ4n) is 2.91.